The Balaban J connectivity index is 1.98. The molecule has 2 aliphatic rings. The summed E-state index contributed by atoms with van der Waals surface area (Å²) in [6, 6.07) is 6.47. The molecule has 0 saturated carbocycles. The van der Waals surface area contributed by atoms with Crippen LogP contribution in [0.3, 0.4) is 0 Å². The zero-order valence-corrected chi connectivity index (χ0v) is 17.4. The molecule has 0 aliphatic carbocycles. The van der Waals surface area contributed by atoms with Crippen LogP contribution in [0.25, 0.3) is 0 Å². The first-order chi connectivity index (χ1) is 14.0. The molecule has 0 radical (unpaired) electrons. The Bertz CT molecular complexity index is 780. The fourth-order valence-corrected chi connectivity index (χ4v) is 3.81. The topological polar surface area (TPSA) is 83.1 Å². The van der Waals surface area contributed by atoms with Crippen LogP contribution in [0, 0.1) is 0 Å². The number of esters is 1. The van der Waals surface area contributed by atoms with Crippen LogP contribution in [0.5, 0.6) is 5.75 Å². The van der Waals surface area contributed by atoms with E-state index in [0.29, 0.717) is 30.2 Å². The number of para-hydroxylation sites is 1. The Kier molecular flexibility index (Phi) is 7.11. The van der Waals surface area contributed by atoms with E-state index >= 15 is 0 Å². The van der Waals surface area contributed by atoms with Crippen molar-refractivity contribution < 1.29 is 19.1 Å². The van der Waals surface area contributed by atoms with Crippen molar-refractivity contribution in [3.8, 4) is 5.75 Å². The van der Waals surface area contributed by atoms with Crippen molar-refractivity contribution in [3.05, 3.63) is 41.1 Å². The Morgan fingerprint density at radius 3 is 2.76 bits per heavy atom. The van der Waals surface area contributed by atoms with Gasteiger partial charge in [0.2, 0.25) is 0 Å². The highest BCUT2D eigenvalue weighted by Crippen LogP contribution is 2.33. The van der Waals surface area contributed by atoms with Crippen LogP contribution in [0.2, 0.25) is 0 Å². The fourth-order valence-electron chi connectivity index (χ4n) is 3.81. The van der Waals surface area contributed by atoms with Crippen molar-refractivity contribution in [1.29, 1.82) is 0 Å². The first-order valence-corrected chi connectivity index (χ1v) is 10.0. The van der Waals surface area contributed by atoms with Gasteiger partial charge < -0.3 is 25.0 Å². The minimum Gasteiger partial charge on any atom is -0.494 e. The molecule has 8 nitrogen and oxygen atoms in total. The third-order valence-corrected chi connectivity index (χ3v) is 5.28. The maximum atomic E-state index is 12.8. The summed E-state index contributed by atoms with van der Waals surface area (Å²) in [6.45, 7) is 6.64. The number of benzene rings is 1. The zero-order valence-electron chi connectivity index (χ0n) is 17.4. The molecule has 1 saturated heterocycles. The summed E-state index contributed by atoms with van der Waals surface area (Å²) in [5.41, 5.74) is 1.73. The molecular formula is C21H30N4O4. The second kappa shape index (κ2) is 9.76. The van der Waals surface area contributed by atoms with Crippen LogP contribution in [0.4, 0.5) is 4.79 Å². The van der Waals surface area contributed by atoms with Crippen molar-refractivity contribution in [1.82, 2.24) is 20.4 Å². The number of likely N-dealkylation sites (N-methyl/N-ethyl adjacent to an activating group) is 1. The Hall–Kier alpha value is -2.58. The fraction of sp³-hybridized carbons (Fsp3) is 0.524. The highest BCUT2D eigenvalue weighted by Gasteiger charge is 2.35. The van der Waals surface area contributed by atoms with Crippen molar-refractivity contribution in [3.63, 3.8) is 0 Å². The first kappa shape index (κ1) is 21.1. The van der Waals surface area contributed by atoms with Crippen molar-refractivity contribution in [2.75, 3.05) is 53.5 Å². The number of carbonyl (C=O) groups is 2. The van der Waals surface area contributed by atoms with Gasteiger partial charge in [-0.3, -0.25) is 4.90 Å². The lowest BCUT2D eigenvalue weighted by Crippen LogP contribution is -2.48. The number of nitrogens with one attached hydrogen (secondary N) is 2. The Labute approximate surface area is 171 Å². The molecule has 1 atom stereocenters. The van der Waals surface area contributed by atoms with E-state index in [1.165, 1.54) is 7.11 Å². The molecule has 2 heterocycles. The quantitative estimate of drug-likeness (QED) is 0.702. The number of methoxy groups -OCH3 is 1. The summed E-state index contributed by atoms with van der Waals surface area (Å²) in [5.74, 6) is 0.176. The summed E-state index contributed by atoms with van der Waals surface area (Å²) in [4.78, 5) is 29.8. The number of nitrogens with zero attached hydrogens (tertiary/aromatic N) is 2. The van der Waals surface area contributed by atoms with E-state index in [9.17, 15) is 9.59 Å². The zero-order chi connectivity index (χ0) is 20.8. The van der Waals surface area contributed by atoms with Crippen LogP contribution in [-0.4, -0.2) is 75.3 Å². The van der Waals surface area contributed by atoms with Gasteiger partial charge in [0.25, 0.3) is 0 Å². The van der Waals surface area contributed by atoms with Gasteiger partial charge in [-0.15, -0.1) is 0 Å². The van der Waals surface area contributed by atoms with E-state index < -0.39 is 12.0 Å². The minimum atomic E-state index is -0.636. The normalized spacial score (nSPS) is 21.2. The summed E-state index contributed by atoms with van der Waals surface area (Å²) in [5, 5.41) is 5.71. The molecule has 0 bridgehead atoms. The third-order valence-electron chi connectivity index (χ3n) is 5.28. The maximum Gasteiger partial charge on any atom is 0.338 e. The number of hydrogen-bond acceptors (Lipinski definition) is 6. The van der Waals surface area contributed by atoms with Crippen LogP contribution in [0.15, 0.2) is 35.5 Å². The molecule has 8 heteroatoms. The van der Waals surface area contributed by atoms with Gasteiger partial charge in [0.1, 0.15) is 5.75 Å². The Morgan fingerprint density at radius 1 is 1.21 bits per heavy atom. The van der Waals surface area contributed by atoms with E-state index in [-0.39, 0.29) is 6.03 Å². The highest BCUT2D eigenvalue weighted by atomic mass is 16.5. The van der Waals surface area contributed by atoms with Gasteiger partial charge in [-0.1, -0.05) is 18.2 Å². The average molecular weight is 402 g/mol. The van der Waals surface area contributed by atoms with Gasteiger partial charge in [-0.25, -0.2) is 9.59 Å². The van der Waals surface area contributed by atoms with E-state index in [1.54, 1.807) is 0 Å². The van der Waals surface area contributed by atoms with Crippen LogP contribution in [-0.2, 0) is 9.53 Å². The second-order valence-electron chi connectivity index (χ2n) is 7.32. The molecule has 3 rings (SSSR count). The number of amides is 2. The molecule has 29 heavy (non-hydrogen) atoms. The smallest absolute Gasteiger partial charge is 0.338 e. The SMILES string of the molecule is CCOc1ccccc1C1NC(=O)NC(CN2CCCN(C)CC2)=C1C(=O)OC. The molecule has 0 spiro atoms. The number of ether oxygens (including phenoxy) is 2. The largest absolute Gasteiger partial charge is 0.494 e. The van der Waals surface area contributed by atoms with Crippen LogP contribution in [0.1, 0.15) is 24.9 Å². The van der Waals surface area contributed by atoms with E-state index in [0.717, 1.165) is 38.2 Å². The van der Waals surface area contributed by atoms with Gasteiger partial charge >= 0.3 is 12.0 Å². The van der Waals surface area contributed by atoms with E-state index in [4.69, 9.17) is 9.47 Å². The monoisotopic (exact) mass is 402 g/mol. The van der Waals surface area contributed by atoms with E-state index in [2.05, 4.69) is 27.5 Å². The molecular weight excluding hydrogens is 372 g/mol. The van der Waals surface area contributed by atoms with Crippen LogP contribution >= 0.6 is 0 Å². The number of hydrogen-bond donors (Lipinski definition) is 2. The predicted molar refractivity (Wildman–Crippen MR) is 110 cm³/mol. The van der Waals surface area contributed by atoms with Gasteiger partial charge in [0.05, 0.1) is 25.3 Å². The lowest BCUT2D eigenvalue weighted by Gasteiger charge is -2.32. The van der Waals surface area contributed by atoms with E-state index in [1.807, 2.05) is 31.2 Å². The van der Waals surface area contributed by atoms with Crippen molar-refractivity contribution >= 4 is 12.0 Å². The minimum absolute atomic E-state index is 0.337. The summed E-state index contributed by atoms with van der Waals surface area (Å²) < 4.78 is 10.8. The molecule has 1 aromatic carbocycles. The van der Waals surface area contributed by atoms with Gasteiger partial charge in [0.15, 0.2) is 0 Å². The summed E-state index contributed by atoms with van der Waals surface area (Å²) in [6.07, 6.45) is 1.04. The summed E-state index contributed by atoms with van der Waals surface area (Å²) in [7, 11) is 3.46. The molecule has 1 fully saturated rings. The predicted octanol–water partition coefficient (Wildman–Crippen LogP) is 1.50. The molecule has 2 N–H and O–H groups in total. The molecule has 1 unspecified atom stereocenters. The maximum absolute atomic E-state index is 12.8. The highest BCUT2D eigenvalue weighted by molar-refractivity contribution is 5.95. The Morgan fingerprint density at radius 2 is 2.00 bits per heavy atom. The van der Waals surface area contributed by atoms with Gasteiger partial charge in [0, 0.05) is 30.9 Å². The van der Waals surface area contributed by atoms with Gasteiger partial charge in [-0.2, -0.15) is 0 Å². The van der Waals surface area contributed by atoms with Crippen molar-refractivity contribution in [2.24, 2.45) is 0 Å². The summed E-state index contributed by atoms with van der Waals surface area (Å²) >= 11 is 0. The van der Waals surface area contributed by atoms with Crippen molar-refractivity contribution in [2.45, 2.75) is 19.4 Å². The lowest BCUT2D eigenvalue weighted by molar-refractivity contribution is -0.136. The molecule has 0 aromatic heterocycles. The molecule has 158 valence electrons. The number of carbonyl (C=O) groups excluding carboxylic acids is 2. The van der Waals surface area contributed by atoms with Crippen LogP contribution < -0.4 is 15.4 Å². The number of rotatable bonds is 6. The number of urea groups is 1. The molecule has 2 amide bonds. The standard InChI is InChI=1S/C21H30N4O4/c1-4-29-17-9-6-5-8-15(17)19-18(20(26)28-3)16(22-21(27)23-19)14-25-11-7-10-24(2)12-13-25/h5-6,8-9,19H,4,7,10-14H2,1-3H3,(H2,22,23,27). The first-order valence-electron chi connectivity index (χ1n) is 10.0. The average Bonchev–Trinajstić information content (AvgIpc) is 2.92. The lowest BCUT2D eigenvalue weighted by atomic mass is 9.94. The third kappa shape index (κ3) is 5.07. The van der Waals surface area contributed by atoms with Gasteiger partial charge in [-0.05, 0) is 39.5 Å². The molecule has 1 aromatic rings. The second-order valence-corrected chi connectivity index (χ2v) is 7.32. The molecule has 2 aliphatic heterocycles.